The normalized spacial score (nSPS) is 11.3. The van der Waals surface area contributed by atoms with Gasteiger partial charge in [0, 0.05) is 10.5 Å². The van der Waals surface area contributed by atoms with Crippen molar-refractivity contribution in [1.29, 1.82) is 0 Å². The molecule has 94 valence electrons. The summed E-state index contributed by atoms with van der Waals surface area (Å²) in [6, 6.07) is 7.39. The number of benzene rings is 1. The van der Waals surface area contributed by atoms with Crippen molar-refractivity contribution in [1.82, 2.24) is 0 Å². The molecule has 0 atom stereocenters. The lowest BCUT2D eigenvalue weighted by Gasteiger charge is -2.17. The Morgan fingerprint density at radius 2 is 1.94 bits per heavy atom. The van der Waals surface area contributed by atoms with Crippen LogP contribution in [0.4, 0.5) is 0 Å². The Morgan fingerprint density at radius 3 is 2.53 bits per heavy atom. The first-order chi connectivity index (χ1) is 7.90. The van der Waals surface area contributed by atoms with Gasteiger partial charge in [-0.1, -0.05) is 32.9 Å². The summed E-state index contributed by atoms with van der Waals surface area (Å²) in [5.74, 6) is 1.66. The molecule has 0 aromatic heterocycles. The third-order valence-corrected chi connectivity index (χ3v) is 3.38. The summed E-state index contributed by atoms with van der Waals surface area (Å²) >= 11 is 1.86. The molecule has 0 N–H and O–H groups in total. The van der Waals surface area contributed by atoms with Crippen molar-refractivity contribution in [2.45, 2.75) is 32.4 Å². The van der Waals surface area contributed by atoms with Crippen molar-refractivity contribution in [3.63, 3.8) is 0 Å². The topological polar surface area (TPSA) is 26.3 Å². The highest BCUT2D eigenvalue weighted by molar-refractivity contribution is 8.00. The van der Waals surface area contributed by atoms with E-state index in [1.165, 1.54) is 0 Å². The minimum atomic E-state index is 0.0454. The van der Waals surface area contributed by atoms with Gasteiger partial charge in [0.2, 0.25) is 0 Å². The second-order valence-electron chi connectivity index (χ2n) is 4.86. The standard InChI is InChI=1S/C14H20O2S/c1-11(15)12-7-5-6-8-13(12)16-9-10-17-14(2,3)4/h5-8H,9-10H2,1-4H3. The van der Waals surface area contributed by atoms with Crippen LogP contribution in [0.15, 0.2) is 24.3 Å². The average Bonchev–Trinajstić information content (AvgIpc) is 2.23. The molecule has 0 aliphatic heterocycles. The van der Waals surface area contributed by atoms with E-state index in [2.05, 4.69) is 20.8 Å². The molecular weight excluding hydrogens is 232 g/mol. The van der Waals surface area contributed by atoms with Crippen LogP contribution in [-0.4, -0.2) is 22.9 Å². The van der Waals surface area contributed by atoms with E-state index in [-0.39, 0.29) is 10.5 Å². The number of rotatable bonds is 5. The second-order valence-corrected chi connectivity index (χ2v) is 6.78. The number of para-hydroxylation sites is 1. The second kappa shape index (κ2) is 6.10. The minimum Gasteiger partial charge on any atom is -0.492 e. The lowest BCUT2D eigenvalue weighted by molar-refractivity contribution is 0.101. The smallest absolute Gasteiger partial charge is 0.163 e. The monoisotopic (exact) mass is 252 g/mol. The molecule has 0 fully saturated rings. The van der Waals surface area contributed by atoms with E-state index in [0.29, 0.717) is 17.9 Å². The first-order valence-corrected chi connectivity index (χ1v) is 6.75. The maximum Gasteiger partial charge on any atom is 0.163 e. The maximum atomic E-state index is 11.4. The Kier molecular flexibility index (Phi) is 5.06. The summed E-state index contributed by atoms with van der Waals surface area (Å²) in [6.45, 7) is 8.74. The highest BCUT2D eigenvalue weighted by Crippen LogP contribution is 2.23. The lowest BCUT2D eigenvalue weighted by atomic mass is 10.1. The van der Waals surface area contributed by atoms with Crippen LogP contribution in [0.3, 0.4) is 0 Å². The number of hydrogen-bond donors (Lipinski definition) is 0. The van der Waals surface area contributed by atoms with E-state index in [1.54, 1.807) is 13.0 Å². The summed E-state index contributed by atoms with van der Waals surface area (Å²) in [4.78, 5) is 11.4. The summed E-state index contributed by atoms with van der Waals surface area (Å²) in [6.07, 6.45) is 0. The Labute approximate surface area is 108 Å². The Bertz CT molecular complexity index is 380. The predicted molar refractivity (Wildman–Crippen MR) is 74.2 cm³/mol. The van der Waals surface area contributed by atoms with E-state index >= 15 is 0 Å². The van der Waals surface area contributed by atoms with E-state index < -0.39 is 0 Å². The first kappa shape index (κ1) is 14.1. The molecule has 0 radical (unpaired) electrons. The molecular formula is C14H20O2S. The maximum absolute atomic E-state index is 11.4. The summed E-state index contributed by atoms with van der Waals surface area (Å²) in [7, 11) is 0. The van der Waals surface area contributed by atoms with Crippen LogP contribution in [-0.2, 0) is 0 Å². The molecule has 0 heterocycles. The molecule has 0 amide bonds. The zero-order valence-electron chi connectivity index (χ0n) is 10.9. The van der Waals surface area contributed by atoms with E-state index in [0.717, 1.165) is 5.75 Å². The van der Waals surface area contributed by atoms with E-state index in [9.17, 15) is 4.79 Å². The molecule has 2 nitrogen and oxygen atoms in total. The van der Waals surface area contributed by atoms with Crippen LogP contribution in [0.25, 0.3) is 0 Å². The fourth-order valence-electron chi connectivity index (χ4n) is 1.38. The van der Waals surface area contributed by atoms with Gasteiger partial charge in [0.1, 0.15) is 5.75 Å². The van der Waals surface area contributed by atoms with Gasteiger partial charge in [-0.25, -0.2) is 0 Å². The largest absolute Gasteiger partial charge is 0.492 e. The van der Waals surface area contributed by atoms with Crippen LogP contribution in [0.1, 0.15) is 38.1 Å². The van der Waals surface area contributed by atoms with Gasteiger partial charge >= 0.3 is 0 Å². The van der Waals surface area contributed by atoms with Gasteiger partial charge in [-0.2, -0.15) is 11.8 Å². The lowest BCUT2D eigenvalue weighted by Crippen LogP contribution is -2.12. The van der Waals surface area contributed by atoms with Crippen LogP contribution < -0.4 is 4.74 Å². The van der Waals surface area contributed by atoms with Gasteiger partial charge in [0.25, 0.3) is 0 Å². The van der Waals surface area contributed by atoms with Gasteiger partial charge in [-0.3, -0.25) is 4.79 Å². The number of thioether (sulfide) groups is 1. The molecule has 3 heteroatoms. The highest BCUT2D eigenvalue weighted by Gasteiger charge is 2.11. The Balaban J connectivity index is 2.49. The Hall–Kier alpha value is -0.960. The molecule has 1 aromatic rings. The van der Waals surface area contributed by atoms with Crippen LogP contribution in [0, 0.1) is 0 Å². The summed E-state index contributed by atoms with van der Waals surface area (Å²) in [5.41, 5.74) is 0.660. The van der Waals surface area contributed by atoms with Crippen LogP contribution in [0.5, 0.6) is 5.75 Å². The zero-order valence-corrected chi connectivity index (χ0v) is 11.8. The molecule has 0 saturated carbocycles. The molecule has 0 aliphatic rings. The average molecular weight is 252 g/mol. The number of Topliss-reactive ketones (excluding diaryl/α,β-unsaturated/α-hetero) is 1. The van der Waals surface area contributed by atoms with Crippen molar-refractivity contribution in [3.05, 3.63) is 29.8 Å². The van der Waals surface area contributed by atoms with E-state index in [4.69, 9.17) is 4.74 Å². The van der Waals surface area contributed by atoms with Gasteiger partial charge in [-0.05, 0) is 19.1 Å². The minimum absolute atomic E-state index is 0.0454. The Morgan fingerprint density at radius 1 is 1.29 bits per heavy atom. The molecule has 0 spiro atoms. The highest BCUT2D eigenvalue weighted by atomic mass is 32.2. The molecule has 0 unspecified atom stereocenters. The van der Waals surface area contributed by atoms with Crippen LogP contribution in [0.2, 0.25) is 0 Å². The van der Waals surface area contributed by atoms with Crippen LogP contribution >= 0.6 is 11.8 Å². The number of carbonyl (C=O) groups is 1. The van der Waals surface area contributed by atoms with E-state index in [1.807, 2.05) is 30.0 Å². The van der Waals surface area contributed by atoms with Crippen molar-refractivity contribution in [3.8, 4) is 5.75 Å². The van der Waals surface area contributed by atoms with Crippen molar-refractivity contribution < 1.29 is 9.53 Å². The molecule has 17 heavy (non-hydrogen) atoms. The first-order valence-electron chi connectivity index (χ1n) is 5.77. The van der Waals surface area contributed by atoms with Gasteiger partial charge in [-0.15, -0.1) is 0 Å². The van der Waals surface area contributed by atoms with Crippen molar-refractivity contribution in [2.75, 3.05) is 12.4 Å². The fraction of sp³-hybridized carbons (Fsp3) is 0.500. The van der Waals surface area contributed by atoms with Gasteiger partial charge in [0.05, 0.1) is 12.2 Å². The number of carbonyl (C=O) groups excluding carboxylic acids is 1. The summed E-state index contributed by atoms with van der Waals surface area (Å²) < 4.78 is 5.91. The van der Waals surface area contributed by atoms with Crippen molar-refractivity contribution >= 4 is 17.5 Å². The zero-order chi connectivity index (χ0) is 12.9. The summed E-state index contributed by atoms with van der Waals surface area (Å²) in [5, 5.41) is 0. The van der Waals surface area contributed by atoms with Gasteiger partial charge in [0.15, 0.2) is 5.78 Å². The third kappa shape index (κ3) is 5.26. The predicted octanol–water partition coefficient (Wildman–Crippen LogP) is 3.80. The van der Waals surface area contributed by atoms with Crippen molar-refractivity contribution in [2.24, 2.45) is 0 Å². The number of ketones is 1. The molecule has 0 aliphatic carbocycles. The number of hydrogen-bond acceptors (Lipinski definition) is 3. The third-order valence-electron chi connectivity index (χ3n) is 2.14. The molecule has 1 rings (SSSR count). The molecule has 0 saturated heterocycles. The quantitative estimate of drug-likeness (QED) is 0.589. The fourth-order valence-corrected chi connectivity index (χ4v) is 2.16. The number of ether oxygens (including phenoxy) is 1. The van der Waals surface area contributed by atoms with Gasteiger partial charge < -0.3 is 4.74 Å². The molecule has 0 bridgehead atoms. The molecule has 1 aromatic carbocycles. The SMILES string of the molecule is CC(=O)c1ccccc1OCCSC(C)(C)C.